The fourth-order valence-electron chi connectivity index (χ4n) is 3.12. The zero-order chi connectivity index (χ0) is 19.5. The first-order valence-corrected chi connectivity index (χ1v) is 12.5. The van der Waals surface area contributed by atoms with Gasteiger partial charge in [-0.1, -0.05) is 104 Å². The fraction of sp³-hybridized carbons (Fsp3) is 0.952. The van der Waals surface area contributed by atoms with E-state index in [-0.39, 0.29) is 12.2 Å². The second-order valence-corrected chi connectivity index (χ2v) is 9.11. The van der Waals surface area contributed by atoms with Crippen LogP contribution in [0, 0.1) is 0 Å². The van der Waals surface area contributed by atoms with Crippen molar-refractivity contribution >= 4 is 16.1 Å². The Morgan fingerprint density at radius 1 is 0.615 bits per heavy atom. The van der Waals surface area contributed by atoms with Crippen LogP contribution in [0.1, 0.15) is 123 Å². The van der Waals surface area contributed by atoms with Gasteiger partial charge in [0.1, 0.15) is 0 Å². The number of carbonyl (C=O) groups excluding carboxylic acids is 1. The Hall–Kier alpha value is -0.580. The summed E-state index contributed by atoms with van der Waals surface area (Å²) in [5.74, 6) is -0.689. The molecule has 0 unspecified atom stereocenters. The highest BCUT2D eigenvalue weighted by Crippen LogP contribution is 2.14. The van der Waals surface area contributed by atoms with E-state index in [1.54, 1.807) is 6.92 Å². The molecule has 156 valence electrons. The molecule has 0 aromatic heterocycles. The largest absolute Gasteiger partial charge is 0.346 e. The lowest BCUT2D eigenvalue weighted by atomic mass is 10.0. The van der Waals surface area contributed by atoms with Crippen molar-refractivity contribution in [2.75, 3.05) is 5.75 Å². The highest BCUT2D eigenvalue weighted by atomic mass is 32.2. The minimum Gasteiger partial charge on any atom is -0.346 e. The summed E-state index contributed by atoms with van der Waals surface area (Å²) in [6, 6.07) is 0. The molecule has 0 N–H and O–H groups in total. The Labute approximate surface area is 162 Å². The van der Waals surface area contributed by atoms with Crippen LogP contribution in [0.15, 0.2) is 0 Å². The van der Waals surface area contributed by atoms with E-state index < -0.39 is 16.1 Å². The zero-order valence-electron chi connectivity index (χ0n) is 17.3. The van der Waals surface area contributed by atoms with Gasteiger partial charge in [0, 0.05) is 6.42 Å². The molecule has 0 saturated heterocycles. The minimum absolute atomic E-state index is 0.0857. The molecule has 5 heteroatoms. The standard InChI is InChI=1S/C21H42O4S/c1-3-5-6-7-8-9-10-11-12-13-14-15-16-17-18-19-21(22)25-26(23,24)20-4-2/h3-20H2,1-2H3. The molecule has 0 atom stereocenters. The molecule has 0 aromatic rings. The lowest BCUT2D eigenvalue weighted by Gasteiger charge is -2.05. The van der Waals surface area contributed by atoms with Crippen LogP contribution in [0.2, 0.25) is 0 Å². The Balaban J connectivity index is 3.28. The first-order valence-electron chi connectivity index (χ1n) is 11.0. The van der Waals surface area contributed by atoms with Crippen LogP contribution < -0.4 is 0 Å². The summed E-state index contributed by atoms with van der Waals surface area (Å²) in [6.45, 7) is 4.01. The third-order valence-electron chi connectivity index (χ3n) is 4.66. The molecule has 0 aliphatic rings. The summed E-state index contributed by atoms with van der Waals surface area (Å²) in [4.78, 5) is 11.5. The van der Waals surface area contributed by atoms with Crippen LogP contribution in [0.25, 0.3) is 0 Å². The van der Waals surface area contributed by atoms with Gasteiger partial charge in [0.2, 0.25) is 0 Å². The molecular formula is C21H42O4S. The molecule has 0 amide bonds. The lowest BCUT2D eigenvalue weighted by molar-refractivity contribution is -0.133. The van der Waals surface area contributed by atoms with E-state index in [2.05, 4.69) is 11.1 Å². The van der Waals surface area contributed by atoms with Gasteiger partial charge in [-0.2, -0.15) is 8.42 Å². The van der Waals surface area contributed by atoms with Crippen molar-refractivity contribution in [1.29, 1.82) is 0 Å². The highest BCUT2D eigenvalue weighted by Gasteiger charge is 2.15. The third-order valence-corrected chi connectivity index (χ3v) is 6.01. The SMILES string of the molecule is CCCCCCCCCCCCCCCCCC(=O)OS(=O)(=O)CCC. The molecule has 0 aromatic carbocycles. The van der Waals surface area contributed by atoms with E-state index in [4.69, 9.17) is 0 Å². The maximum Gasteiger partial charge on any atom is 0.322 e. The molecule has 0 aliphatic carbocycles. The molecule has 4 nitrogen and oxygen atoms in total. The van der Waals surface area contributed by atoms with Crippen LogP contribution in [0.3, 0.4) is 0 Å². The van der Waals surface area contributed by atoms with Crippen molar-refractivity contribution in [2.45, 2.75) is 123 Å². The van der Waals surface area contributed by atoms with E-state index in [0.29, 0.717) is 6.42 Å². The number of hydrogen-bond acceptors (Lipinski definition) is 4. The Morgan fingerprint density at radius 3 is 1.38 bits per heavy atom. The maximum atomic E-state index is 11.5. The van der Waals surface area contributed by atoms with E-state index in [1.807, 2.05) is 0 Å². The Kier molecular flexibility index (Phi) is 17.4. The van der Waals surface area contributed by atoms with Gasteiger partial charge in [-0.05, 0) is 12.8 Å². The predicted molar refractivity (Wildman–Crippen MR) is 110 cm³/mol. The first-order chi connectivity index (χ1) is 12.5. The molecule has 0 heterocycles. The molecule has 0 rings (SSSR count). The van der Waals surface area contributed by atoms with Gasteiger partial charge in [0.25, 0.3) is 0 Å². The van der Waals surface area contributed by atoms with Crippen LogP contribution in [0.5, 0.6) is 0 Å². The molecule has 0 fully saturated rings. The van der Waals surface area contributed by atoms with Crippen LogP contribution in [-0.2, 0) is 19.1 Å². The monoisotopic (exact) mass is 390 g/mol. The Morgan fingerprint density at radius 2 is 1.00 bits per heavy atom. The molecule has 0 radical (unpaired) electrons. The van der Waals surface area contributed by atoms with Crippen molar-refractivity contribution in [3.63, 3.8) is 0 Å². The van der Waals surface area contributed by atoms with Crippen molar-refractivity contribution < 1.29 is 17.4 Å². The van der Waals surface area contributed by atoms with Gasteiger partial charge in [0.15, 0.2) is 0 Å². The Bertz CT molecular complexity index is 418. The smallest absolute Gasteiger partial charge is 0.322 e. The number of unbranched alkanes of at least 4 members (excludes halogenated alkanes) is 14. The fourth-order valence-corrected chi connectivity index (χ4v) is 4.07. The molecule has 0 aliphatic heterocycles. The predicted octanol–water partition coefficient (Wildman–Crippen LogP) is 6.53. The molecule has 0 saturated carbocycles. The van der Waals surface area contributed by atoms with Crippen molar-refractivity contribution in [3.05, 3.63) is 0 Å². The van der Waals surface area contributed by atoms with E-state index >= 15 is 0 Å². The number of hydrogen-bond donors (Lipinski definition) is 0. The summed E-state index contributed by atoms with van der Waals surface area (Å²) in [5.41, 5.74) is 0. The average molecular weight is 391 g/mol. The third kappa shape index (κ3) is 18.2. The molecule has 26 heavy (non-hydrogen) atoms. The first kappa shape index (κ1) is 25.4. The number of carbonyl (C=O) groups is 1. The second-order valence-electron chi connectivity index (χ2n) is 7.42. The minimum atomic E-state index is -3.65. The maximum absolute atomic E-state index is 11.5. The molecule has 0 bridgehead atoms. The van der Waals surface area contributed by atoms with Gasteiger partial charge in [-0.3, -0.25) is 4.79 Å². The lowest BCUT2D eigenvalue weighted by Crippen LogP contribution is -2.15. The number of rotatable bonds is 19. The van der Waals surface area contributed by atoms with Crippen LogP contribution in [-0.4, -0.2) is 20.1 Å². The normalized spacial score (nSPS) is 11.6. The summed E-state index contributed by atoms with van der Waals surface area (Å²) < 4.78 is 27.2. The van der Waals surface area contributed by atoms with Crippen LogP contribution in [0.4, 0.5) is 0 Å². The van der Waals surface area contributed by atoms with Crippen molar-refractivity contribution in [2.24, 2.45) is 0 Å². The van der Waals surface area contributed by atoms with E-state index in [0.717, 1.165) is 19.3 Å². The topological polar surface area (TPSA) is 60.4 Å². The van der Waals surface area contributed by atoms with Gasteiger partial charge in [-0.15, -0.1) is 0 Å². The van der Waals surface area contributed by atoms with Crippen molar-refractivity contribution in [1.82, 2.24) is 0 Å². The summed E-state index contributed by atoms with van der Waals surface area (Å²) in [5, 5.41) is 0. The highest BCUT2D eigenvalue weighted by molar-refractivity contribution is 7.87. The van der Waals surface area contributed by atoms with Crippen molar-refractivity contribution in [3.8, 4) is 0 Å². The average Bonchev–Trinajstić information content (AvgIpc) is 2.57. The van der Waals surface area contributed by atoms with E-state index in [9.17, 15) is 13.2 Å². The van der Waals surface area contributed by atoms with E-state index in [1.165, 1.54) is 77.0 Å². The summed E-state index contributed by atoms with van der Waals surface area (Å²) in [7, 11) is -3.65. The van der Waals surface area contributed by atoms with Crippen LogP contribution >= 0.6 is 0 Å². The van der Waals surface area contributed by atoms with Gasteiger partial charge in [-0.25, -0.2) is 0 Å². The summed E-state index contributed by atoms with van der Waals surface area (Å²) in [6.07, 6.45) is 19.7. The second kappa shape index (κ2) is 17.8. The summed E-state index contributed by atoms with van der Waals surface area (Å²) >= 11 is 0. The quantitative estimate of drug-likeness (QED) is 0.186. The zero-order valence-corrected chi connectivity index (χ0v) is 18.1. The van der Waals surface area contributed by atoms with Gasteiger partial charge < -0.3 is 4.18 Å². The molecular weight excluding hydrogens is 348 g/mol. The van der Waals surface area contributed by atoms with Gasteiger partial charge >= 0.3 is 16.1 Å². The van der Waals surface area contributed by atoms with Gasteiger partial charge in [0.05, 0.1) is 5.75 Å². The molecule has 0 spiro atoms.